The Kier molecular flexibility index (Phi) is 4.83. The van der Waals surface area contributed by atoms with Gasteiger partial charge in [0.1, 0.15) is 5.60 Å². The maximum absolute atomic E-state index is 11.6. The molecule has 0 aliphatic rings. The van der Waals surface area contributed by atoms with Crippen LogP contribution >= 0.6 is 27.5 Å². The predicted octanol–water partition coefficient (Wildman–Crippen LogP) is 4.53. The largest absolute Gasteiger partial charge is 0.444 e. The number of hydrogen-bond donors (Lipinski definition) is 1. The molecule has 0 radical (unpaired) electrons. The van der Waals surface area contributed by atoms with Gasteiger partial charge in [-0.2, -0.15) is 0 Å². The molecular weight excluding hydrogens is 305 g/mol. The van der Waals surface area contributed by atoms with Crippen molar-refractivity contribution in [2.45, 2.75) is 32.3 Å². The van der Waals surface area contributed by atoms with Crippen molar-refractivity contribution in [3.8, 4) is 0 Å². The number of nitrogens with one attached hydrogen (secondary N) is 1. The molecule has 1 aromatic carbocycles. The molecule has 17 heavy (non-hydrogen) atoms. The highest BCUT2D eigenvalue weighted by atomic mass is 79.9. The minimum Gasteiger partial charge on any atom is -0.444 e. The van der Waals surface area contributed by atoms with Crippen molar-refractivity contribution in [2.75, 3.05) is 5.32 Å². The van der Waals surface area contributed by atoms with Crippen LogP contribution in [0.15, 0.2) is 22.7 Å². The minimum atomic E-state index is -0.513. The average Bonchev–Trinajstić information content (AvgIpc) is 2.18. The third-order valence-corrected chi connectivity index (χ3v) is 2.82. The Morgan fingerprint density at radius 3 is 2.65 bits per heavy atom. The molecule has 0 heterocycles. The van der Waals surface area contributed by atoms with E-state index in [4.69, 9.17) is 16.3 Å². The molecule has 0 saturated heterocycles. The molecule has 0 spiro atoms. The maximum Gasteiger partial charge on any atom is 0.412 e. The molecule has 5 heteroatoms. The number of carbonyl (C=O) groups is 1. The van der Waals surface area contributed by atoms with Crippen LogP contribution in [0.3, 0.4) is 0 Å². The normalized spacial score (nSPS) is 11.1. The molecule has 0 fully saturated rings. The zero-order valence-corrected chi connectivity index (χ0v) is 12.4. The predicted molar refractivity (Wildman–Crippen MR) is 73.6 cm³/mol. The fourth-order valence-electron chi connectivity index (χ4n) is 1.16. The fourth-order valence-corrected chi connectivity index (χ4v) is 1.68. The number of ether oxygens (including phenoxy) is 1. The summed E-state index contributed by atoms with van der Waals surface area (Å²) in [6.45, 7) is 5.45. The van der Waals surface area contributed by atoms with Crippen molar-refractivity contribution in [2.24, 2.45) is 0 Å². The Hall–Kier alpha value is -0.740. The molecule has 1 rings (SSSR count). The van der Waals surface area contributed by atoms with E-state index in [9.17, 15) is 4.79 Å². The molecule has 1 N–H and O–H groups in total. The lowest BCUT2D eigenvalue weighted by molar-refractivity contribution is 0.0636. The van der Waals surface area contributed by atoms with Crippen LogP contribution in [0.4, 0.5) is 10.5 Å². The Morgan fingerprint density at radius 1 is 1.47 bits per heavy atom. The van der Waals surface area contributed by atoms with E-state index >= 15 is 0 Å². The lowest BCUT2D eigenvalue weighted by atomic mass is 10.2. The molecule has 0 aliphatic carbocycles. The van der Waals surface area contributed by atoms with Crippen molar-refractivity contribution in [3.63, 3.8) is 0 Å². The molecular formula is C12H15BrClNO2. The Morgan fingerprint density at radius 2 is 2.12 bits per heavy atom. The summed E-state index contributed by atoms with van der Waals surface area (Å²) in [6.07, 6.45) is -0.482. The van der Waals surface area contributed by atoms with Gasteiger partial charge in [0.15, 0.2) is 0 Å². The topological polar surface area (TPSA) is 38.3 Å². The summed E-state index contributed by atoms with van der Waals surface area (Å²) in [5.74, 6) is 0.399. The first-order valence-electron chi connectivity index (χ1n) is 5.16. The quantitative estimate of drug-likeness (QED) is 0.813. The fraction of sp³-hybridized carbons (Fsp3) is 0.417. The molecule has 1 amide bonds. The third kappa shape index (κ3) is 4.96. The third-order valence-electron chi connectivity index (χ3n) is 1.82. The Balaban J connectivity index is 2.77. The number of halogens is 2. The van der Waals surface area contributed by atoms with E-state index in [1.54, 1.807) is 6.07 Å². The van der Waals surface area contributed by atoms with E-state index in [0.717, 1.165) is 10.0 Å². The minimum absolute atomic E-state index is 0.399. The first-order chi connectivity index (χ1) is 7.81. The van der Waals surface area contributed by atoms with Crippen molar-refractivity contribution in [1.82, 2.24) is 0 Å². The standard InChI is InChI=1S/C12H15BrClNO2/c1-12(2,3)17-11(16)15-10-6-8(7-14)4-5-9(10)13/h4-6H,7H2,1-3H3,(H,15,16). The van der Waals surface area contributed by atoms with Crippen LogP contribution < -0.4 is 5.32 Å². The monoisotopic (exact) mass is 319 g/mol. The van der Waals surface area contributed by atoms with Gasteiger partial charge in [-0.25, -0.2) is 4.79 Å². The van der Waals surface area contributed by atoms with Gasteiger partial charge in [0.2, 0.25) is 0 Å². The second kappa shape index (κ2) is 5.74. The molecule has 1 aromatic rings. The highest BCUT2D eigenvalue weighted by Gasteiger charge is 2.16. The van der Waals surface area contributed by atoms with Crippen LogP contribution in [0, 0.1) is 0 Å². The number of anilines is 1. The summed E-state index contributed by atoms with van der Waals surface area (Å²) in [6, 6.07) is 5.53. The lowest BCUT2D eigenvalue weighted by Gasteiger charge is -2.20. The van der Waals surface area contributed by atoms with Gasteiger partial charge in [0.25, 0.3) is 0 Å². The molecule has 0 bridgehead atoms. The summed E-state index contributed by atoms with van der Waals surface area (Å²) in [7, 11) is 0. The van der Waals surface area contributed by atoms with E-state index < -0.39 is 11.7 Å². The van der Waals surface area contributed by atoms with E-state index in [1.807, 2.05) is 32.9 Å². The van der Waals surface area contributed by atoms with Crippen molar-refractivity contribution >= 4 is 39.3 Å². The van der Waals surface area contributed by atoms with Gasteiger partial charge in [-0.15, -0.1) is 11.6 Å². The maximum atomic E-state index is 11.6. The molecule has 0 atom stereocenters. The van der Waals surface area contributed by atoms with Gasteiger partial charge >= 0.3 is 6.09 Å². The van der Waals surface area contributed by atoms with Crippen LogP contribution in [0.1, 0.15) is 26.3 Å². The number of rotatable bonds is 2. The van der Waals surface area contributed by atoms with Crippen LogP contribution in [-0.4, -0.2) is 11.7 Å². The smallest absolute Gasteiger partial charge is 0.412 e. The van der Waals surface area contributed by atoms with E-state index in [-0.39, 0.29) is 0 Å². The molecule has 94 valence electrons. The molecule has 0 aliphatic heterocycles. The van der Waals surface area contributed by atoms with Crippen LogP contribution in [0.2, 0.25) is 0 Å². The Labute approximate surface area is 115 Å². The molecule has 3 nitrogen and oxygen atoms in total. The second-order valence-electron chi connectivity index (χ2n) is 4.57. The van der Waals surface area contributed by atoms with Crippen LogP contribution in [0.25, 0.3) is 0 Å². The lowest BCUT2D eigenvalue weighted by Crippen LogP contribution is -2.27. The first-order valence-corrected chi connectivity index (χ1v) is 6.49. The summed E-state index contributed by atoms with van der Waals surface area (Å²) in [4.78, 5) is 11.6. The number of alkyl halides is 1. The van der Waals surface area contributed by atoms with Gasteiger partial charge in [-0.05, 0) is 54.4 Å². The first kappa shape index (κ1) is 14.3. The number of carbonyl (C=O) groups excluding carboxylic acids is 1. The zero-order chi connectivity index (χ0) is 13.1. The summed E-state index contributed by atoms with van der Waals surface area (Å²) < 4.78 is 5.96. The zero-order valence-electron chi connectivity index (χ0n) is 10.0. The molecule has 0 aromatic heterocycles. The second-order valence-corrected chi connectivity index (χ2v) is 5.70. The van der Waals surface area contributed by atoms with Crippen LogP contribution in [-0.2, 0) is 10.6 Å². The Bertz CT molecular complexity index is 415. The summed E-state index contributed by atoms with van der Waals surface area (Å²) in [5.41, 5.74) is 1.07. The van der Waals surface area contributed by atoms with Crippen molar-refractivity contribution in [3.05, 3.63) is 28.2 Å². The van der Waals surface area contributed by atoms with E-state index in [0.29, 0.717) is 11.6 Å². The molecule has 0 unspecified atom stereocenters. The summed E-state index contributed by atoms with van der Waals surface area (Å²) in [5, 5.41) is 2.67. The molecule has 0 saturated carbocycles. The highest BCUT2D eigenvalue weighted by Crippen LogP contribution is 2.25. The summed E-state index contributed by atoms with van der Waals surface area (Å²) >= 11 is 9.09. The van der Waals surface area contributed by atoms with E-state index in [1.165, 1.54) is 0 Å². The van der Waals surface area contributed by atoms with E-state index in [2.05, 4.69) is 21.2 Å². The number of amides is 1. The average molecular weight is 321 g/mol. The number of benzene rings is 1. The van der Waals surface area contributed by atoms with Gasteiger partial charge in [-0.1, -0.05) is 6.07 Å². The van der Waals surface area contributed by atoms with Crippen molar-refractivity contribution < 1.29 is 9.53 Å². The highest BCUT2D eigenvalue weighted by molar-refractivity contribution is 9.10. The van der Waals surface area contributed by atoms with Gasteiger partial charge in [0, 0.05) is 10.4 Å². The van der Waals surface area contributed by atoms with Gasteiger partial charge < -0.3 is 4.74 Å². The van der Waals surface area contributed by atoms with Gasteiger partial charge in [0.05, 0.1) is 5.69 Å². The van der Waals surface area contributed by atoms with Gasteiger partial charge in [-0.3, -0.25) is 5.32 Å². The number of hydrogen-bond acceptors (Lipinski definition) is 2. The SMILES string of the molecule is CC(C)(C)OC(=O)Nc1cc(CCl)ccc1Br. The van der Waals surface area contributed by atoms with Crippen molar-refractivity contribution in [1.29, 1.82) is 0 Å². The van der Waals surface area contributed by atoms with Crippen LogP contribution in [0.5, 0.6) is 0 Å².